The highest BCUT2D eigenvalue weighted by Crippen LogP contribution is 2.10. The molecule has 7 nitrogen and oxygen atoms in total. The fraction of sp³-hybridized carbons (Fsp3) is 0.786. The summed E-state index contributed by atoms with van der Waals surface area (Å²) in [5.41, 5.74) is 0. The second-order valence-electron chi connectivity index (χ2n) is 5.86. The maximum Gasteiger partial charge on any atom is 0.317 e. The second kappa shape index (κ2) is 7.40. The van der Waals surface area contributed by atoms with Gasteiger partial charge in [0.05, 0.1) is 13.2 Å². The summed E-state index contributed by atoms with van der Waals surface area (Å²) in [4.78, 5) is 13.7. The number of ether oxygens (including phenoxy) is 1. The monoisotopic (exact) mass is 295 g/mol. The van der Waals surface area contributed by atoms with Crippen LogP contribution in [0, 0.1) is 5.92 Å². The van der Waals surface area contributed by atoms with Crippen LogP contribution in [0.5, 0.6) is 0 Å². The van der Waals surface area contributed by atoms with Crippen LogP contribution in [-0.4, -0.2) is 45.9 Å². The van der Waals surface area contributed by atoms with Crippen molar-refractivity contribution < 1.29 is 9.53 Å². The van der Waals surface area contributed by atoms with Gasteiger partial charge in [-0.25, -0.2) is 4.79 Å². The number of rotatable bonds is 6. The summed E-state index contributed by atoms with van der Waals surface area (Å²) in [5.74, 6) is 2.32. The lowest BCUT2D eigenvalue weighted by molar-refractivity contribution is 0.0800. The van der Waals surface area contributed by atoms with Gasteiger partial charge >= 0.3 is 6.03 Å². The summed E-state index contributed by atoms with van der Waals surface area (Å²) in [6, 6.07) is -0.0665. The molecule has 0 radical (unpaired) electrons. The van der Waals surface area contributed by atoms with E-state index in [4.69, 9.17) is 4.74 Å². The van der Waals surface area contributed by atoms with Crippen molar-refractivity contribution in [2.24, 2.45) is 5.92 Å². The number of hydrogen-bond acceptors (Lipinski definition) is 4. The van der Waals surface area contributed by atoms with E-state index in [1.807, 2.05) is 4.57 Å². The van der Waals surface area contributed by atoms with E-state index in [-0.39, 0.29) is 6.03 Å². The highest BCUT2D eigenvalue weighted by atomic mass is 16.5. The van der Waals surface area contributed by atoms with E-state index >= 15 is 0 Å². The zero-order chi connectivity index (χ0) is 15.2. The van der Waals surface area contributed by atoms with Gasteiger partial charge in [-0.2, -0.15) is 0 Å². The van der Waals surface area contributed by atoms with Crippen LogP contribution in [0.25, 0.3) is 0 Å². The largest absolute Gasteiger partial charge is 0.372 e. The molecule has 0 atom stereocenters. The van der Waals surface area contributed by atoms with E-state index in [9.17, 15) is 4.79 Å². The third kappa shape index (κ3) is 4.42. The lowest BCUT2D eigenvalue weighted by Gasteiger charge is -2.20. The molecule has 0 spiro atoms. The minimum Gasteiger partial charge on any atom is -0.372 e. The number of amides is 2. The van der Waals surface area contributed by atoms with Crippen LogP contribution in [0.4, 0.5) is 4.79 Å². The second-order valence-corrected chi connectivity index (χ2v) is 5.86. The Morgan fingerprint density at radius 1 is 1.48 bits per heavy atom. The van der Waals surface area contributed by atoms with Crippen LogP contribution in [0.3, 0.4) is 0 Å². The lowest BCUT2D eigenvalue weighted by Crippen LogP contribution is -2.38. The van der Waals surface area contributed by atoms with E-state index in [1.165, 1.54) is 0 Å². The molecule has 21 heavy (non-hydrogen) atoms. The Bertz CT molecular complexity index is 472. The van der Waals surface area contributed by atoms with E-state index in [0.717, 1.165) is 31.0 Å². The Kier molecular flexibility index (Phi) is 5.55. The molecule has 7 heteroatoms. The van der Waals surface area contributed by atoms with Gasteiger partial charge in [-0.05, 0) is 18.8 Å². The number of carbonyl (C=O) groups is 1. The first-order chi connectivity index (χ1) is 10.1. The summed E-state index contributed by atoms with van der Waals surface area (Å²) in [6.07, 6.45) is 2.14. The normalized spacial score (nSPS) is 14.1. The first kappa shape index (κ1) is 15.8. The highest BCUT2D eigenvalue weighted by molar-refractivity contribution is 5.73. The van der Waals surface area contributed by atoms with Crippen molar-refractivity contribution in [3.8, 4) is 0 Å². The van der Waals surface area contributed by atoms with Gasteiger partial charge in [0.2, 0.25) is 0 Å². The third-order valence-corrected chi connectivity index (χ3v) is 3.55. The number of nitrogens with one attached hydrogen (secondary N) is 1. The number of aromatic nitrogens is 3. The molecule has 2 rings (SSSR count). The summed E-state index contributed by atoms with van der Waals surface area (Å²) < 4.78 is 7.36. The molecule has 1 aliphatic heterocycles. The molecular weight excluding hydrogens is 270 g/mol. The first-order valence-corrected chi connectivity index (χ1v) is 7.55. The molecule has 0 aliphatic carbocycles. The van der Waals surface area contributed by atoms with Crippen LogP contribution in [0.2, 0.25) is 0 Å². The van der Waals surface area contributed by atoms with Crippen molar-refractivity contribution in [3.05, 3.63) is 11.6 Å². The molecule has 2 heterocycles. The predicted molar refractivity (Wildman–Crippen MR) is 78.6 cm³/mol. The SMILES string of the molecule is CC(C)CCCNC(=O)N(C)Cc1nnc2n1CCOC2. The van der Waals surface area contributed by atoms with Crippen molar-refractivity contribution in [3.63, 3.8) is 0 Å². The molecule has 1 aromatic heterocycles. The summed E-state index contributed by atoms with van der Waals surface area (Å²) >= 11 is 0. The zero-order valence-electron chi connectivity index (χ0n) is 13.1. The van der Waals surface area contributed by atoms with Gasteiger partial charge in [0, 0.05) is 20.1 Å². The molecule has 0 bridgehead atoms. The van der Waals surface area contributed by atoms with Crippen LogP contribution >= 0.6 is 0 Å². The van der Waals surface area contributed by atoms with Crippen molar-refractivity contribution in [2.45, 2.75) is 46.4 Å². The van der Waals surface area contributed by atoms with Gasteiger partial charge in [-0.3, -0.25) is 0 Å². The quantitative estimate of drug-likeness (QED) is 0.805. The smallest absolute Gasteiger partial charge is 0.317 e. The third-order valence-electron chi connectivity index (χ3n) is 3.55. The van der Waals surface area contributed by atoms with Gasteiger partial charge in [-0.1, -0.05) is 13.8 Å². The molecule has 1 aliphatic rings. The fourth-order valence-corrected chi connectivity index (χ4v) is 2.30. The predicted octanol–water partition coefficient (Wildman–Crippen LogP) is 1.39. The van der Waals surface area contributed by atoms with E-state index < -0.39 is 0 Å². The van der Waals surface area contributed by atoms with E-state index in [2.05, 4.69) is 29.4 Å². The Hall–Kier alpha value is -1.63. The zero-order valence-corrected chi connectivity index (χ0v) is 13.1. The van der Waals surface area contributed by atoms with Crippen molar-refractivity contribution >= 4 is 6.03 Å². The van der Waals surface area contributed by atoms with Gasteiger partial charge in [0.15, 0.2) is 11.6 Å². The van der Waals surface area contributed by atoms with Crippen LogP contribution in [0.15, 0.2) is 0 Å². The lowest BCUT2D eigenvalue weighted by atomic mass is 10.1. The molecule has 118 valence electrons. The topological polar surface area (TPSA) is 72.3 Å². The average molecular weight is 295 g/mol. The molecule has 1 aromatic rings. The van der Waals surface area contributed by atoms with Crippen LogP contribution in [0.1, 0.15) is 38.3 Å². The molecule has 1 N–H and O–H groups in total. The van der Waals surface area contributed by atoms with Gasteiger partial charge < -0.3 is 19.5 Å². The molecule has 0 saturated heterocycles. The highest BCUT2D eigenvalue weighted by Gasteiger charge is 2.18. The Balaban J connectivity index is 1.79. The minimum absolute atomic E-state index is 0.0665. The minimum atomic E-state index is -0.0665. The van der Waals surface area contributed by atoms with E-state index in [1.54, 1.807) is 11.9 Å². The average Bonchev–Trinajstić information content (AvgIpc) is 2.86. The maximum atomic E-state index is 12.0. The van der Waals surface area contributed by atoms with Gasteiger partial charge in [0.1, 0.15) is 6.61 Å². The first-order valence-electron chi connectivity index (χ1n) is 7.55. The molecule has 0 unspecified atom stereocenters. The number of nitrogens with zero attached hydrogens (tertiary/aromatic N) is 4. The van der Waals surface area contributed by atoms with Crippen LogP contribution in [-0.2, 0) is 24.4 Å². The Morgan fingerprint density at radius 2 is 2.29 bits per heavy atom. The van der Waals surface area contributed by atoms with Crippen molar-refractivity contribution in [1.29, 1.82) is 0 Å². The fourth-order valence-electron chi connectivity index (χ4n) is 2.30. The Morgan fingerprint density at radius 3 is 3.05 bits per heavy atom. The summed E-state index contributed by atoms with van der Waals surface area (Å²) in [6.45, 7) is 7.47. The standard InChI is InChI=1S/C14H25N5O2/c1-11(2)5-4-6-15-14(20)18(3)9-12-16-17-13-10-21-8-7-19(12)13/h11H,4-10H2,1-3H3,(H,15,20). The molecular formula is C14H25N5O2. The maximum absolute atomic E-state index is 12.0. The van der Waals surface area contributed by atoms with Gasteiger partial charge in [0.25, 0.3) is 0 Å². The molecule has 0 aromatic carbocycles. The molecule has 0 saturated carbocycles. The number of fused-ring (bicyclic) bond motifs is 1. The molecule has 0 fully saturated rings. The van der Waals surface area contributed by atoms with E-state index in [0.29, 0.717) is 32.2 Å². The number of urea groups is 1. The van der Waals surface area contributed by atoms with Crippen LogP contribution < -0.4 is 5.32 Å². The van der Waals surface area contributed by atoms with Crippen molar-refractivity contribution in [2.75, 3.05) is 20.2 Å². The van der Waals surface area contributed by atoms with Gasteiger partial charge in [-0.15, -0.1) is 10.2 Å². The number of carbonyl (C=O) groups excluding carboxylic acids is 1. The molecule has 2 amide bonds. The number of hydrogen-bond donors (Lipinski definition) is 1. The Labute approximate surface area is 125 Å². The summed E-state index contributed by atoms with van der Waals surface area (Å²) in [5, 5.41) is 11.2. The summed E-state index contributed by atoms with van der Waals surface area (Å²) in [7, 11) is 1.78. The van der Waals surface area contributed by atoms with Crippen molar-refractivity contribution in [1.82, 2.24) is 25.0 Å².